The predicted molar refractivity (Wildman–Crippen MR) is 88.4 cm³/mol. The van der Waals surface area contributed by atoms with E-state index in [0.29, 0.717) is 11.3 Å². The number of methoxy groups -OCH3 is 1. The second kappa shape index (κ2) is 5.38. The summed E-state index contributed by atoms with van der Waals surface area (Å²) in [6, 6.07) is 14.8. The highest BCUT2D eigenvalue weighted by Crippen LogP contribution is 2.46. The van der Waals surface area contributed by atoms with Crippen molar-refractivity contribution < 1.29 is 4.74 Å². The highest BCUT2D eigenvalue weighted by atomic mass is 35.5. The van der Waals surface area contributed by atoms with Gasteiger partial charge in [-0.3, -0.25) is 0 Å². The van der Waals surface area contributed by atoms with Gasteiger partial charge in [-0.25, -0.2) is 0 Å². The van der Waals surface area contributed by atoms with Crippen LogP contribution in [0.25, 0.3) is 0 Å². The van der Waals surface area contributed by atoms with Crippen molar-refractivity contribution in [3.05, 3.63) is 64.2 Å². The minimum atomic E-state index is 0.295. The summed E-state index contributed by atoms with van der Waals surface area (Å²) in [6.45, 7) is 4.69. The van der Waals surface area contributed by atoms with Crippen molar-refractivity contribution in [3.63, 3.8) is 0 Å². The first-order valence-corrected chi connectivity index (χ1v) is 7.78. The maximum atomic E-state index is 6.03. The van der Waals surface area contributed by atoms with E-state index in [0.717, 1.165) is 23.6 Å². The standard InChI is InChI=1S/C19H21ClO/c1-19(2)11-14-10-16(21-3)8-9-17(14)18(12-19)13-4-6-15(20)7-5-13/h4-10,18H,11-12H2,1-3H3. The van der Waals surface area contributed by atoms with Crippen LogP contribution in [0.4, 0.5) is 0 Å². The van der Waals surface area contributed by atoms with Gasteiger partial charge in [0.05, 0.1) is 7.11 Å². The topological polar surface area (TPSA) is 9.23 Å². The second-order valence-corrected chi connectivity index (χ2v) is 7.15. The summed E-state index contributed by atoms with van der Waals surface area (Å²) in [7, 11) is 1.73. The lowest BCUT2D eigenvalue weighted by molar-refractivity contribution is 0.295. The molecular weight excluding hydrogens is 280 g/mol. The van der Waals surface area contributed by atoms with Gasteiger partial charge >= 0.3 is 0 Å². The largest absolute Gasteiger partial charge is 0.497 e. The van der Waals surface area contributed by atoms with Gasteiger partial charge in [0.2, 0.25) is 0 Å². The molecule has 0 spiro atoms. The molecule has 21 heavy (non-hydrogen) atoms. The lowest BCUT2D eigenvalue weighted by atomic mass is 9.67. The molecular formula is C19H21ClO. The van der Waals surface area contributed by atoms with E-state index < -0.39 is 0 Å². The molecule has 3 rings (SSSR count). The molecule has 0 amide bonds. The Morgan fingerprint density at radius 3 is 2.48 bits per heavy atom. The van der Waals surface area contributed by atoms with Gasteiger partial charge in [-0.1, -0.05) is 43.6 Å². The van der Waals surface area contributed by atoms with Gasteiger partial charge in [0, 0.05) is 10.9 Å². The van der Waals surface area contributed by atoms with E-state index in [4.69, 9.17) is 16.3 Å². The van der Waals surface area contributed by atoms with Crippen LogP contribution in [0.1, 0.15) is 42.9 Å². The molecule has 0 saturated heterocycles. The molecule has 2 heteroatoms. The zero-order valence-corrected chi connectivity index (χ0v) is 13.6. The Kier molecular flexibility index (Phi) is 3.71. The van der Waals surface area contributed by atoms with Crippen LogP contribution in [-0.4, -0.2) is 7.11 Å². The minimum Gasteiger partial charge on any atom is -0.497 e. The molecule has 2 aromatic carbocycles. The van der Waals surface area contributed by atoms with Gasteiger partial charge in [-0.2, -0.15) is 0 Å². The second-order valence-electron chi connectivity index (χ2n) is 6.71. The van der Waals surface area contributed by atoms with Gasteiger partial charge in [0.25, 0.3) is 0 Å². The number of fused-ring (bicyclic) bond motifs is 1. The van der Waals surface area contributed by atoms with E-state index in [1.54, 1.807) is 7.11 Å². The lowest BCUT2D eigenvalue weighted by Gasteiger charge is -2.37. The lowest BCUT2D eigenvalue weighted by Crippen LogP contribution is -2.26. The number of ether oxygens (including phenoxy) is 1. The average Bonchev–Trinajstić information content (AvgIpc) is 2.45. The Bertz CT molecular complexity index is 643. The molecule has 110 valence electrons. The van der Waals surface area contributed by atoms with Crippen molar-refractivity contribution in [2.75, 3.05) is 7.11 Å². The first-order chi connectivity index (χ1) is 9.98. The average molecular weight is 301 g/mol. The summed E-state index contributed by atoms with van der Waals surface area (Å²) in [5.74, 6) is 1.38. The first-order valence-electron chi connectivity index (χ1n) is 7.41. The molecule has 0 heterocycles. The molecule has 0 fully saturated rings. The molecule has 1 unspecified atom stereocenters. The SMILES string of the molecule is COc1ccc2c(c1)CC(C)(C)CC2c1ccc(Cl)cc1. The van der Waals surface area contributed by atoms with Crippen LogP contribution in [0.2, 0.25) is 5.02 Å². The normalized spacial score (nSPS) is 19.9. The Labute approximate surface area is 131 Å². The Morgan fingerprint density at radius 1 is 1.10 bits per heavy atom. The van der Waals surface area contributed by atoms with E-state index in [2.05, 4.69) is 44.2 Å². The van der Waals surface area contributed by atoms with Crippen LogP contribution in [0.3, 0.4) is 0 Å². The van der Waals surface area contributed by atoms with Crippen LogP contribution in [0.15, 0.2) is 42.5 Å². The van der Waals surface area contributed by atoms with Crippen molar-refractivity contribution in [2.45, 2.75) is 32.6 Å². The molecule has 0 radical (unpaired) electrons. The highest BCUT2D eigenvalue weighted by Gasteiger charge is 2.33. The molecule has 0 saturated carbocycles. The number of rotatable bonds is 2. The van der Waals surface area contributed by atoms with E-state index in [1.165, 1.54) is 16.7 Å². The van der Waals surface area contributed by atoms with E-state index in [1.807, 2.05) is 12.1 Å². The zero-order valence-electron chi connectivity index (χ0n) is 12.8. The van der Waals surface area contributed by atoms with Crippen molar-refractivity contribution in [3.8, 4) is 5.75 Å². The monoisotopic (exact) mass is 300 g/mol. The molecule has 1 aliphatic rings. The molecule has 0 aliphatic heterocycles. The number of hydrogen-bond donors (Lipinski definition) is 0. The molecule has 1 nitrogen and oxygen atoms in total. The Balaban J connectivity index is 2.07. The van der Waals surface area contributed by atoms with Crippen molar-refractivity contribution in [2.24, 2.45) is 5.41 Å². The zero-order chi connectivity index (χ0) is 15.0. The third-order valence-corrected chi connectivity index (χ3v) is 4.68. The molecule has 2 aromatic rings. The fourth-order valence-corrected chi connectivity index (χ4v) is 3.57. The number of hydrogen-bond acceptors (Lipinski definition) is 1. The molecule has 0 N–H and O–H groups in total. The summed E-state index contributed by atoms with van der Waals surface area (Å²) >= 11 is 6.03. The summed E-state index contributed by atoms with van der Waals surface area (Å²) < 4.78 is 5.39. The molecule has 1 atom stereocenters. The summed E-state index contributed by atoms with van der Waals surface area (Å²) in [5, 5.41) is 0.795. The smallest absolute Gasteiger partial charge is 0.119 e. The van der Waals surface area contributed by atoms with Gasteiger partial charge < -0.3 is 4.74 Å². The quantitative estimate of drug-likeness (QED) is 0.716. The molecule has 1 aliphatic carbocycles. The van der Waals surface area contributed by atoms with Gasteiger partial charge in [0.1, 0.15) is 5.75 Å². The van der Waals surface area contributed by atoms with E-state index in [9.17, 15) is 0 Å². The summed E-state index contributed by atoms with van der Waals surface area (Å²) in [5.41, 5.74) is 4.48. The van der Waals surface area contributed by atoms with Crippen LogP contribution in [0.5, 0.6) is 5.75 Å². The van der Waals surface area contributed by atoms with Crippen LogP contribution >= 0.6 is 11.6 Å². The maximum Gasteiger partial charge on any atom is 0.119 e. The maximum absolute atomic E-state index is 6.03. The van der Waals surface area contributed by atoms with Crippen molar-refractivity contribution in [1.29, 1.82) is 0 Å². The van der Waals surface area contributed by atoms with Crippen LogP contribution in [0, 0.1) is 5.41 Å². The highest BCUT2D eigenvalue weighted by molar-refractivity contribution is 6.30. The van der Waals surface area contributed by atoms with Crippen molar-refractivity contribution >= 4 is 11.6 Å². The summed E-state index contributed by atoms with van der Waals surface area (Å²) in [4.78, 5) is 0. The third kappa shape index (κ3) is 2.94. The first kappa shape index (κ1) is 14.5. The fourth-order valence-electron chi connectivity index (χ4n) is 3.44. The summed E-state index contributed by atoms with van der Waals surface area (Å²) in [6.07, 6.45) is 2.26. The number of halogens is 1. The molecule has 0 aromatic heterocycles. The van der Waals surface area contributed by atoms with E-state index >= 15 is 0 Å². The predicted octanol–water partition coefficient (Wildman–Crippen LogP) is 5.45. The molecule has 0 bridgehead atoms. The van der Waals surface area contributed by atoms with Crippen LogP contribution in [-0.2, 0) is 6.42 Å². The Hall–Kier alpha value is -1.47. The van der Waals surface area contributed by atoms with Gasteiger partial charge in [-0.05, 0) is 59.2 Å². The van der Waals surface area contributed by atoms with Crippen molar-refractivity contribution in [1.82, 2.24) is 0 Å². The van der Waals surface area contributed by atoms with Crippen LogP contribution < -0.4 is 4.74 Å². The van der Waals surface area contributed by atoms with Gasteiger partial charge in [-0.15, -0.1) is 0 Å². The fraction of sp³-hybridized carbons (Fsp3) is 0.368. The third-order valence-electron chi connectivity index (χ3n) is 4.42. The van der Waals surface area contributed by atoms with Gasteiger partial charge in [0.15, 0.2) is 0 Å². The van der Waals surface area contributed by atoms with E-state index in [-0.39, 0.29) is 0 Å². The number of benzene rings is 2. The Morgan fingerprint density at radius 2 is 1.81 bits per heavy atom. The minimum absolute atomic E-state index is 0.295.